The van der Waals surface area contributed by atoms with Crippen LogP contribution < -0.4 is 10.1 Å². The number of amides is 1. The van der Waals surface area contributed by atoms with Crippen molar-refractivity contribution in [3.05, 3.63) is 59.1 Å². The zero-order valence-corrected chi connectivity index (χ0v) is 17.3. The Labute approximate surface area is 175 Å². The van der Waals surface area contributed by atoms with E-state index in [1.165, 1.54) is 19.3 Å². The second-order valence-corrected chi connectivity index (χ2v) is 8.82. The topological polar surface area (TPSA) is 41.6 Å². The number of thioether (sulfide) groups is 1. The summed E-state index contributed by atoms with van der Waals surface area (Å²) >= 11 is 7.64. The molecule has 0 aliphatic carbocycles. The minimum absolute atomic E-state index is 0.0601. The lowest BCUT2D eigenvalue weighted by atomic mass is 10.0. The average Bonchev–Trinajstić information content (AvgIpc) is 3.10. The number of carbonyl (C=O) groups excluding carboxylic acids is 1. The summed E-state index contributed by atoms with van der Waals surface area (Å²) in [6.07, 6.45) is 4.78. The SMILES string of the molecule is O=C1CSC(c2cccc(Oc3ccc(Cl)cc3)c2)N1CCC1CCCCN1. The third kappa shape index (κ3) is 4.83. The maximum absolute atomic E-state index is 12.5. The number of nitrogens with zero attached hydrogens (tertiary/aromatic N) is 1. The van der Waals surface area contributed by atoms with Gasteiger partial charge < -0.3 is 15.0 Å². The molecular formula is C22H25ClN2O2S. The van der Waals surface area contributed by atoms with Crippen molar-refractivity contribution < 1.29 is 9.53 Å². The molecule has 2 heterocycles. The Hall–Kier alpha value is -1.69. The number of hydrogen-bond donors (Lipinski definition) is 1. The van der Waals surface area contributed by atoms with E-state index in [9.17, 15) is 4.79 Å². The zero-order valence-electron chi connectivity index (χ0n) is 15.8. The fourth-order valence-corrected chi connectivity index (χ4v) is 5.14. The van der Waals surface area contributed by atoms with Crippen molar-refractivity contribution in [1.29, 1.82) is 0 Å². The Kier molecular flexibility index (Phi) is 6.45. The first-order valence-corrected chi connectivity index (χ1v) is 11.3. The van der Waals surface area contributed by atoms with E-state index in [4.69, 9.17) is 16.3 Å². The molecule has 2 saturated heterocycles. The van der Waals surface area contributed by atoms with Gasteiger partial charge in [0.15, 0.2) is 0 Å². The molecular weight excluding hydrogens is 392 g/mol. The van der Waals surface area contributed by atoms with Crippen LogP contribution in [0.25, 0.3) is 0 Å². The van der Waals surface area contributed by atoms with Gasteiger partial charge in [-0.15, -0.1) is 11.8 Å². The zero-order chi connectivity index (χ0) is 19.3. The number of hydrogen-bond acceptors (Lipinski definition) is 4. The second kappa shape index (κ2) is 9.21. The first-order chi connectivity index (χ1) is 13.7. The number of ether oxygens (including phenoxy) is 1. The van der Waals surface area contributed by atoms with Crippen LogP contribution in [0.15, 0.2) is 48.5 Å². The minimum Gasteiger partial charge on any atom is -0.457 e. The lowest BCUT2D eigenvalue weighted by molar-refractivity contribution is -0.128. The van der Waals surface area contributed by atoms with Gasteiger partial charge in [0.05, 0.1) is 5.75 Å². The van der Waals surface area contributed by atoms with Crippen LogP contribution >= 0.6 is 23.4 Å². The van der Waals surface area contributed by atoms with E-state index in [-0.39, 0.29) is 11.3 Å². The Bertz CT molecular complexity index is 808. The smallest absolute Gasteiger partial charge is 0.233 e. The number of rotatable bonds is 6. The Morgan fingerprint density at radius 3 is 2.79 bits per heavy atom. The van der Waals surface area contributed by atoms with Crippen LogP contribution in [-0.4, -0.2) is 35.7 Å². The van der Waals surface area contributed by atoms with Gasteiger partial charge in [0.25, 0.3) is 0 Å². The van der Waals surface area contributed by atoms with Crippen molar-refractivity contribution in [3.8, 4) is 11.5 Å². The summed E-state index contributed by atoms with van der Waals surface area (Å²) in [7, 11) is 0. The second-order valence-electron chi connectivity index (χ2n) is 7.31. The number of benzene rings is 2. The van der Waals surface area contributed by atoms with E-state index < -0.39 is 0 Å². The van der Waals surface area contributed by atoms with E-state index >= 15 is 0 Å². The monoisotopic (exact) mass is 416 g/mol. The predicted molar refractivity (Wildman–Crippen MR) is 115 cm³/mol. The van der Waals surface area contributed by atoms with Gasteiger partial charge in [0.2, 0.25) is 5.91 Å². The van der Waals surface area contributed by atoms with Crippen molar-refractivity contribution in [1.82, 2.24) is 10.2 Å². The molecule has 4 nitrogen and oxygen atoms in total. The van der Waals surface area contributed by atoms with Gasteiger partial charge in [-0.2, -0.15) is 0 Å². The largest absolute Gasteiger partial charge is 0.457 e. The van der Waals surface area contributed by atoms with Crippen molar-refractivity contribution in [2.45, 2.75) is 37.1 Å². The summed E-state index contributed by atoms with van der Waals surface area (Å²) < 4.78 is 5.97. The Balaban J connectivity index is 1.44. The number of piperidine rings is 1. The molecule has 0 aromatic heterocycles. The summed E-state index contributed by atoms with van der Waals surface area (Å²) in [4.78, 5) is 14.5. The lowest BCUT2D eigenvalue weighted by Crippen LogP contribution is -2.38. The fraction of sp³-hybridized carbons (Fsp3) is 0.409. The van der Waals surface area contributed by atoms with Gasteiger partial charge >= 0.3 is 0 Å². The van der Waals surface area contributed by atoms with Crippen LogP contribution in [0.2, 0.25) is 5.02 Å². The van der Waals surface area contributed by atoms with Crippen molar-refractivity contribution in [3.63, 3.8) is 0 Å². The highest BCUT2D eigenvalue weighted by atomic mass is 35.5. The molecule has 2 aliphatic heterocycles. The van der Waals surface area contributed by atoms with Crippen molar-refractivity contribution in [2.24, 2.45) is 0 Å². The van der Waals surface area contributed by atoms with E-state index in [0.717, 1.165) is 36.6 Å². The van der Waals surface area contributed by atoms with Gasteiger partial charge in [-0.05, 0) is 67.8 Å². The number of halogens is 1. The number of carbonyl (C=O) groups is 1. The molecule has 0 radical (unpaired) electrons. The van der Waals surface area contributed by atoms with Crippen LogP contribution in [0.1, 0.15) is 36.6 Å². The standard InChI is InChI=1S/C22H25ClN2O2S/c23-17-7-9-19(10-8-17)27-20-6-3-4-16(14-20)22-25(21(26)15-28-22)13-11-18-5-1-2-12-24-18/h3-4,6-10,14,18,22,24H,1-2,5,11-13,15H2. The van der Waals surface area contributed by atoms with Gasteiger partial charge in [-0.3, -0.25) is 4.79 Å². The highest BCUT2D eigenvalue weighted by Gasteiger charge is 2.33. The van der Waals surface area contributed by atoms with Gasteiger partial charge in [-0.25, -0.2) is 0 Å². The summed E-state index contributed by atoms with van der Waals surface area (Å²) in [5, 5.41) is 4.32. The highest BCUT2D eigenvalue weighted by Crippen LogP contribution is 2.40. The van der Waals surface area contributed by atoms with Gasteiger partial charge in [0.1, 0.15) is 16.9 Å². The molecule has 2 aliphatic rings. The van der Waals surface area contributed by atoms with E-state index in [2.05, 4.69) is 11.4 Å². The van der Waals surface area contributed by atoms with Crippen LogP contribution in [0.3, 0.4) is 0 Å². The first kappa shape index (κ1) is 19.6. The molecule has 2 unspecified atom stereocenters. The van der Waals surface area contributed by atoms with Crippen LogP contribution in [0.5, 0.6) is 11.5 Å². The van der Waals surface area contributed by atoms with E-state index in [0.29, 0.717) is 16.8 Å². The maximum Gasteiger partial charge on any atom is 0.233 e. The summed E-state index contributed by atoms with van der Waals surface area (Å²) in [5.74, 6) is 2.30. The van der Waals surface area contributed by atoms with Crippen molar-refractivity contribution in [2.75, 3.05) is 18.8 Å². The molecule has 1 amide bonds. The van der Waals surface area contributed by atoms with Crippen LogP contribution in [0.4, 0.5) is 0 Å². The summed E-state index contributed by atoms with van der Waals surface area (Å²) in [5.41, 5.74) is 1.11. The molecule has 2 aromatic rings. The third-order valence-electron chi connectivity index (χ3n) is 5.29. The normalized spacial score (nSPS) is 22.5. The molecule has 0 spiro atoms. The Morgan fingerprint density at radius 2 is 2.00 bits per heavy atom. The van der Waals surface area contributed by atoms with Crippen molar-refractivity contribution >= 4 is 29.3 Å². The lowest BCUT2D eigenvalue weighted by Gasteiger charge is -2.29. The molecule has 2 aromatic carbocycles. The van der Waals surface area contributed by atoms with Gasteiger partial charge in [-0.1, -0.05) is 30.2 Å². The molecule has 28 heavy (non-hydrogen) atoms. The number of nitrogens with one attached hydrogen (secondary N) is 1. The Morgan fingerprint density at radius 1 is 1.14 bits per heavy atom. The first-order valence-electron chi connectivity index (χ1n) is 9.87. The molecule has 0 bridgehead atoms. The average molecular weight is 417 g/mol. The molecule has 6 heteroatoms. The van der Waals surface area contributed by atoms with Crippen LogP contribution in [-0.2, 0) is 4.79 Å². The molecule has 2 fully saturated rings. The summed E-state index contributed by atoms with van der Waals surface area (Å²) in [6, 6.07) is 15.9. The molecule has 0 saturated carbocycles. The molecule has 1 N–H and O–H groups in total. The fourth-order valence-electron chi connectivity index (χ4n) is 3.81. The molecule has 2 atom stereocenters. The minimum atomic E-state index is 0.0601. The predicted octanol–water partition coefficient (Wildman–Crippen LogP) is 5.24. The van der Waals surface area contributed by atoms with Crippen LogP contribution in [0, 0.1) is 0 Å². The third-order valence-corrected chi connectivity index (χ3v) is 6.80. The van der Waals surface area contributed by atoms with E-state index in [1.54, 1.807) is 11.8 Å². The molecule has 4 rings (SSSR count). The quantitative estimate of drug-likeness (QED) is 0.699. The maximum atomic E-state index is 12.5. The summed E-state index contributed by atoms with van der Waals surface area (Å²) in [6.45, 7) is 1.90. The molecule has 148 valence electrons. The van der Waals surface area contributed by atoms with Gasteiger partial charge in [0, 0.05) is 17.6 Å². The van der Waals surface area contributed by atoms with E-state index in [1.807, 2.05) is 47.4 Å². The highest BCUT2D eigenvalue weighted by molar-refractivity contribution is 8.00.